The normalized spacial score (nSPS) is 23.5. The van der Waals surface area contributed by atoms with Crippen LogP contribution in [-0.2, 0) is 14.6 Å². The molecule has 1 amide bonds. The van der Waals surface area contributed by atoms with Crippen LogP contribution in [-0.4, -0.2) is 29.9 Å². The van der Waals surface area contributed by atoms with Crippen LogP contribution in [0, 0.1) is 5.41 Å². The van der Waals surface area contributed by atoms with E-state index in [1.165, 1.54) is 17.4 Å². The Morgan fingerprint density at radius 1 is 1.41 bits per heavy atom. The molecule has 1 aromatic heterocycles. The molecule has 118 valence electrons. The molecule has 2 aromatic rings. The number of thiazole rings is 1. The molecule has 22 heavy (non-hydrogen) atoms. The molecule has 9 heteroatoms. The molecule has 1 heterocycles. The number of anilines is 1. The van der Waals surface area contributed by atoms with Gasteiger partial charge in [0.15, 0.2) is 15.0 Å². The number of alkyl halides is 2. The van der Waals surface area contributed by atoms with E-state index in [1.54, 1.807) is 19.1 Å². The number of nitrogens with zero attached hydrogens (tertiary/aromatic N) is 1. The molecule has 0 saturated heterocycles. The number of carbonyl (C=O) groups is 1. The first-order chi connectivity index (χ1) is 10.0. The number of hydrogen-bond donors (Lipinski definition) is 1. The van der Waals surface area contributed by atoms with E-state index >= 15 is 0 Å². The Bertz CT molecular complexity index is 892. The summed E-state index contributed by atoms with van der Waals surface area (Å²) in [5.41, 5.74) is -0.206. The second kappa shape index (κ2) is 4.80. The molecule has 1 aliphatic rings. The summed E-state index contributed by atoms with van der Waals surface area (Å²) < 4.78 is 22.8. The maximum absolute atomic E-state index is 12.2. The zero-order chi connectivity index (χ0) is 16.3. The van der Waals surface area contributed by atoms with Gasteiger partial charge in [-0.3, -0.25) is 4.79 Å². The first-order valence-corrected chi connectivity index (χ1v) is 9.79. The molecule has 1 N–H and O–H groups in total. The monoisotopic (exact) mass is 378 g/mol. The van der Waals surface area contributed by atoms with Crippen molar-refractivity contribution in [3.8, 4) is 0 Å². The van der Waals surface area contributed by atoms with Gasteiger partial charge >= 0.3 is 0 Å². The highest BCUT2D eigenvalue weighted by atomic mass is 35.5. The van der Waals surface area contributed by atoms with Gasteiger partial charge in [-0.2, -0.15) is 0 Å². The van der Waals surface area contributed by atoms with Gasteiger partial charge in [-0.25, -0.2) is 13.4 Å². The lowest BCUT2D eigenvalue weighted by molar-refractivity contribution is -0.120. The van der Waals surface area contributed by atoms with E-state index in [1.807, 2.05) is 0 Å². The van der Waals surface area contributed by atoms with Gasteiger partial charge in [-0.05, 0) is 31.5 Å². The molecule has 5 nitrogen and oxygen atoms in total. The molecule has 0 aliphatic heterocycles. The van der Waals surface area contributed by atoms with Crippen LogP contribution in [0.4, 0.5) is 5.13 Å². The van der Waals surface area contributed by atoms with Crippen LogP contribution in [0.2, 0.25) is 0 Å². The van der Waals surface area contributed by atoms with Crippen molar-refractivity contribution in [3.05, 3.63) is 18.2 Å². The largest absolute Gasteiger partial charge is 0.301 e. The molecule has 0 spiro atoms. The third-order valence-corrected chi connectivity index (χ3v) is 6.91. The number of halogens is 2. The minimum Gasteiger partial charge on any atom is -0.301 e. The number of sulfone groups is 1. The van der Waals surface area contributed by atoms with Crippen molar-refractivity contribution in [1.82, 2.24) is 4.98 Å². The maximum atomic E-state index is 12.2. The number of fused-ring (bicyclic) bond motifs is 1. The second-order valence-corrected chi connectivity index (χ2v) is 10.1. The van der Waals surface area contributed by atoms with Crippen LogP contribution >= 0.6 is 34.5 Å². The predicted molar refractivity (Wildman–Crippen MR) is 88.5 cm³/mol. The fourth-order valence-electron chi connectivity index (χ4n) is 2.07. The van der Waals surface area contributed by atoms with Crippen molar-refractivity contribution in [2.45, 2.75) is 22.6 Å². The summed E-state index contributed by atoms with van der Waals surface area (Å²) in [4.78, 5) is 16.7. The third-order valence-electron chi connectivity index (χ3n) is 3.77. The van der Waals surface area contributed by atoms with E-state index in [9.17, 15) is 13.2 Å². The molecule has 3 rings (SSSR count). The summed E-state index contributed by atoms with van der Waals surface area (Å²) in [6.45, 7) is 1.69. The Labute approximate surface area is 141 Å². The Morgan fingerprint density at radius 2 is 2.05 bits per heavy atom. The highest BCUT2D eigenvalue weighted by Gasteiger charge is 2.68. The predicted octanol–water partition coefficient (Wildman–Crippen LogP) is 3.22. The zero-order valence-corrected chi connectivity index (χ0v) is 14.8. The van der Waals surface area contributed by atoms with Crippen molar-refractivity contribution < 1.29 is 13.2 Å². The number of hydrogen-bond acceptors (Lipinski definition) is 5. The average molecular weight is 379 g/mol. The van der Waals surface area contributed by atoms with E-state index in [0.717, 1.165) is 6.26 Å². The lowest BCUT2D eigenvalue weighted by atomic mass is 10.1. The number of amides is 1. The molecule has 0 bridgehead atoms. The maximum Gasteiger partial charge on any atom is 0.235 e. The summed E-state index contributed by atoms with van der Waals surface area (Å²) in [5.74, 6) is -0.292. The van der Waals surface area contributed by atoms with Crippen molar-refractivity contribution >= 4 is 65.6 Å². The van der Waals surface area contributed by atoms with E-state index in [-0.39, 0.29) is 10.8 Å². The number of benzene rings is 1. The summed E-state index contributed by atoms with van der Waals surface area (Å²) in [7, 11) is -3.28. The van der Waals surface area contributed by atoms with Crippen LogP contribution in [0.5, 0.6) is 0 Å². The SMILES string of the molecule is C[C@]1(C(=O)Nc2nc3ccc(S(C)(=O)=O)cc3s2)CC1(Cl)Cl. The molecular weight excluding hydrogens is 367 g/mol. The van der Waals surface area contributed by atoms with Gasteiger partial charge in [-0.1, -0.05) is 11.3 Å². The topological polar surface area (TPSA) is 76.1 Å². The van der Waals surface area contributed by atoms with E-state index in [4.69, 9.17) is 23.2 Å². The van der Waals surface area contributed by atoms with Gasteiger partial charge in [0.2, 0.25) is 5.91 Å². The van der Waals surface area contributed by atoms with Crippen molar-refractivity contribution in [1.29, 1.82) is 0 Å². The molecule has 1 aromatic carbocycles. The first kappa shape index (κ1) is 16.0. The second-order valence-electron chi connectivity index (χ2n) is 5.59. The van der Waals surface area contributed by atoms with Gasteiger partial charge in [0.05, 0.1) is 20.5 Å². The minimum absolute atomic E-state index is 0.219. The lowest BCUT2D eigenvalue weighted by Crippen LogP contribution is -2.25. The van der Waals surface area contributed by atoms with E-state index in [0.29, 0.717) is 21.8 Å². The molecule has 1 atom stereocenters. The highest BCUT2D eigenvalue weighted by molar-refractivity contribution is 7.90. The number of aromatic nitrogens is 1. The number of rotatable bonds is 3. The quantitative estimate of drug-likeness (QED) is 0.831. The Kier molecular flexibility index (Phi) is 3.49. The van der Waals surface area contributed by atoms with Gasteiger partial charge in [-0.15, -0.1) is 23.2 Å². The van der Waals surface area contributed by atoms with Crippen molar-refractivity contribution in [2.75, 3.05) is 11.6 Å². The van der Waals surface area contributed by atoms with Crippen LogP contribution in [0.3, 0.4) is 0 Å². The molecule has 0 radical (unpaired) electrons. The fraction of sp³-hybridized carbons (Fsp3) is 0.385. The first-order valence-electron chi connectivity index (χ1n) is 6.33. The van der Waals surface area contributed by atoms with Crippen molar-refractivity contribution in [3.63, 3.8) is 0 Å². The highest BCUT2D eigenvalue weighted by Crippen LogP contribution is 2.64. The standard InChI is InChI=1S/C13H12Cl2N2O3S2/c1-12(6-13(12,14)15)10(18)17-11-16-8-4-3-7(22(2,19)20)5-9(8)21-11/h3-5H,6H2,1-2H3,(H,16,17,18)/t12-/m1/s1. The molecular formula is C13H12Cl2N2O3S2. The molecule has 0 unspecified atom stereocenters. The van der Waals surface area contributed by atoms with E-state index in [2.05, 4.69) is 10.3 Å². The number of nitrogens with one attached hydrogen (secondary N) is 1. The fourth-order valence-corrected chi connectivity index (χ4v) is 4.40. The molecule has 1 saturated carbocycles. The zero-order valence-electron chi connectivity index (χ0n) is 11.7. The molecule has 1 aliphatic carbocycles. The summed E-state index contributed by atoms with van der Waals surface area (Å²) >= 11 is 13.2. The smallest absolute Gasteiger partial charge is 0.235 e. The average Bonchev–Trinajstić information content (AvgIpc) is 2.75. The lowest BCUT2D eigenvalue weighted by Gasteiger charge is -2.10. The van der Waals surface area contributed by atoms with E-state index < -0.39 is 19.6 Å². The van der Waals surface area contributed by atoms with Gasteiger partial charge in [0.1, 0.15) is 4.33 Å². The van der Waals surface area contributed by atoms with Gasteiger partial charge < -0.3 is 5.32 Å². The van der Waals surface area contributed by atoms with Crippen LogP contribution in [0.1, 0.15) is 13.3 Å². The van der Waals surface area contributed by atoms with Crippen LogP contribution < -0.4 is 5.32 Å². The van der Waals surface area contributed by atoms with Crippen LogP contribution in [0.15, 0.2) is 23.1 Å². The Balaban J connectivity index is 1.89. The van der Waals surface area contributed by atoms with Gasteiger partial charge in [0, 0.05) is 6.26 Å². The van der Waals surface area contributed by atoms with Gasteiger partial charge in [0.25, 0.3) is 0 Å². The summed E-state index contributed by atoms with van der Waals surface area (Å²) in [6, 6.07) is 4.65. The molecule has 1 fully saturated rings. The van der Waals surface area contributed by atoms with Crippen LogP contribution in [0.25, 0.3) is 10.2 Å². The Hall–Kier alpha value is -0.890. The van der Waals surface area contributed by atoms with Crippen molar-refractivity contribution in [2.24, 2.45) is 5.41 Å². The Morgan fingerprint density at radius 3 is 2.59 bits per heavy atom. The summed E-state index contributed by atoms with van der Waals surface area (Å²) in [5, 5.41) is 3.09. The third kappa shape index (κ3) is 2.60. The minimum atomic E-state index is -3.28. The number of carbonyl (C=O) groups excluding carboxylic acids is 1. The summed E-state index contributed by atoms with van der Waals surface area (Å²) in [6.07, 6.45) is 1.53.